The van der Waals surface area contributed by atoms with Crippen LogP contribution < -0.4 is 10.3 Å². The fourth-order valence-electron chi connectivity index (χ4n) is 6.75. The molecule has 2 aliphatic rings. The van der Waals surface area contributed by atoms with Crippen LogP contribution in [0.1, 0.15) is 48.8 Å². The number of aryl methyl sites for hydroxylation is 1. The van der Waals surface area contributed by atoms with Gasteiger partial charge in [-0.05, 0) is 48.9 Å². The van der Waals surface area contributed by atoms with Crippen LogP contribution in [0.15, 0.2) is 88.8 Å². The number of hydrogen-bond donors (Lipinski definition) is 0. The Labute approximate surface area is 238 Å². The molecule has 0 saturated heterocycles. The molecule has 0 aliphatic heterocycles. The highest BCUT2D eigenvalue weighted by atomic mass is 32.2. The zero-order valence-corrected chi connectivity index (χ0v) is 23.5. The van der Waals surface area contributed by atoms with E-state index in [1.165, 1.54) is 17.5 Å². The number of benzene rings is 3. The predicted molar refractivity (Wildman–Crippen MR) is 160 cm³/mol. The van der Waals surface area contributed by atoms with Crippen LogP contribution in [-0.2, 0) is 18.3 Å². The van der Waals surface area contributed by atoms with Gasteiger partial charge in [0.1, 0.15) is 5.75 Å². The minimum absolute atomic E-state index is 0.0143. The Bertz CT molecular complexity index is 1750. The molecule has 40 heavy (non-hydrogen) atoms. The lowest BCUT2D eigenvalue weighted by atomic mass is 9.62. The first kappa shape index (κ1) is 25.1. The van der Waals surface area contributed by atoms with E-state index in [9.17, 15) is 4.79 Å². The van der Waals surface area contributed by atoms with Gasteiger partial charge in [0.05, 0.1) is 18.5 Å². The van der Waals surface area contributed by atoms with Crippen LogP contribution in [0.4, 0.5) is 0 Å². The van der Waals surface area contributed by atoms with Gasteiger partial charge in [0, 0.05) is 28.4 Å². The largest absolute Gasteiger partial charge is 0.497 e. The molecule has 6 nitrogen and oxygen atoms in total. The highest BCUT2D eigenvalue weighted by Gasteiger charge is 2.44. The van der Waals surface area contributed by atoms with E-state index in [-0.39, 0.29) is 11.0 Å². The molecule has 2 aliphatic carbocycles. The molecule has 7 heteroatoms. The van der Waals surface area contributed by atoms with Gasteiger partial charge in [0.15, 0.2) is 5.16 Å². The van der Waals surface area contributed by atoms with Crippen LogP contribution in [0, 0.1) is 0 Å². The third-order valence-electron chi connectivity index (χ3n) is 8.61. The van der Waals surface area contributed by atoms with Gasteiger partial charge in [-0.2, -0.15) is 0 Å². The van der Waals surface area contributed by atoms with Crippen LogP contribution in [0.25, 0.3) is 22.7 Å². The van der Waals surface area contributed by atoms with Crippen LogP contribution in [0.2, 0.25) is 0 Å². The van der Waals surface area contributed by atoms with E-state index in [0.717, 1.165) is 71.9 Å². The lowest BCUT2D eigenvalue weighted by molar-refractivity contribution is 0.284. The average molecular weight is 549 g/mol. The molecule has 0 bridgehead atoms. The number of nitrogens with zero attached hydrogens (tertiary/aromatic N) is 4. The van der Waals surface area contributed by atoms with Crippen molar-refractivity contribution < 1.29 is 4.74 Å². The number of rotatable bonds is 6. The van der Waals surface area contributed by atoms with E-state index in [0.29, 0.717) is 11.5 Å². The quantitative estimate of drug-likeness (QED) is 0.222. The third kappa shape index (κ3) is 4.15. The summed E-state index contributed by atoms with van der Waals surface area (Å²) in [6.07, 6.45) is 7.36. The fraction of sp³-hybridized carbons (Fsp3) is 0.303. The molecule has 1 fully saturated rings. The van der Waals surface area contributed by atoms with Crippen molar-refractivity contribution >= 4 is 17.5 Å². The highest BCUT2D eigenvalue weighted by molar-refractivity contribution is 7.99. The van der Waals surface area contributed by atoms with E-state index in [1.54, 1.807) is 23.4 Å². The smallest absolute Gasteiger partial charge is 0.263 e. The third-order valence-corrected chi connectivity index (χ3v) is 9.54. The van der Waals surface area contributed by atoms with Crippen molar-refractivity contribution in [3.8, 4) is 22.7 Å². The molecular formula is C33H32N4O2S. The average Bonchev–Trinajstić information content (AvgIpc) is 3.41. The summed E-state index contributed by atoms with van der Waals surface area (Å²) in [7, 11) is 1.65. The molecule has 1 saturated carbocycles. The normalized spacial score (nSPS) is 15.6. The highest BCUT2D eigenvalue weighted by Crippen LogP contribution is 2.49. The van der Waals surface area contributed by atoms with E-state index in [2.05, 4.69) is 58.0 Å². The zero-order chi connectivity index (χ0) is 27.1. The van der Waals surface area contributed by atoms with Crippen LogP contribution in [-0.4, -0.2) is 32.0 Å². The SMILES string of the molecule is COc1cccc(-n2c(=O)c3c(n4c(SCCc5ccccc5)nnc24)-c2ccccc2CC32CCCCC2)c1. The van der Waals surface area contributed by atoms with Crippen molar-refractivity contribution in [2.24, 2.45) is 0 Å². The minimum atomic E-state index is -0.190. The van der Waals surface area contributed by atoms with Gasteiger partial charge < -0.3 is 4.74 Å². The molecule has 202 valence electrons. The van der Waals surface area contributed by atoms with Gasteiger partial charge in [-0.1, -0.05) is 91.7 Å². The lowest BCUT2D eigenvalue weighted by Crippen LogP contribution is -2.43. The summed E-state index contributed by atoms with van der Waals surface area (Å²) in [5, 5.41) is 10.2. The first-order chi connectivity index (χ1) is 19.7. The number of fused-ring (bicyclic) bond motifs is 6. The number of ether oxygens (including phenoxy) is 1. The second-order valence-corrected chi connectivity index (χ2v) is 12.0. The standard InChI is InChI=1S/C33H32N4O2S/c1-39-26-15-10-14-25(21-26)36-30(38)28-29(27-16-7-6-13-24(27)22-33(28)18-8-3-9-19-33)37-31(36)34-35-32(37)40-20-17-23-11-4-2-5-12-23/h2,4-7,10-16,21H,3,8-9,17-20,22H2,1H3. The molecule has 2 heterocycles. The number of methoxy groups -OCH3 is 1. The summed E-state index contributed by atoms with van der Waals surface area (Å²) in [5.74, 6) is 2.11. The van der Waals surface area contributed by atoms with Gasteiger partial charge in [-0.25, -0.2) is 4.57 Å². The fourth-order valence-corrected chi connectivity index (χ4v) is 7.67. The summed E-state index contributed by atoms with van der Waals surface area (Å²) in [6.45, 7) is 0. The monoisotopic (exact) mass is 548 g/mol. The summed E-state index contributed by atoms with van der Waals surface area (Å²) in [5.41, 5.74) is 6.20. The molecule has 0 unspecified atom stereocenters. The molecule has 0 radical (unpaired) electrons. The maximum Gasteiger partial charge on any atom is 0.263 e. The lowest BCUT2D eigenvalue weighted by Gasteiger charge is -2.42. The maximum atomic E-state index is 14.8. The van der Waals surface area contributed by atoms with Gasteiger partial charge in [-0.3, -0.25) is 9.20 Å². The summed E-state index contributed by atoms with van der Waals surface area (Å²) in [4.78, 5) is 14.8. The van der Waals surface area contributed by atoms with Crippen LogP contribution in [0.5, 0.6) is 5.75 Å². The first-order valence-electron chi connectivity index (χ1n) is 14.1. The minimum Gasteiger partial charge on any atom is -0.497 e. The first-order valence-corrected chi connectivity index (χ1v) is 15.1. The van der Waals surface area contributed by atoms with E-state index >= 15 is 0 Å². The Morgan fingerprint density at radius 3 is 2.55 bits per heavy atom. The predicted octanol–water partition coefficient (Wildman–Crippen LogP) is 6.65. The second kappa shape index (κ2) is 10.3. The van der Waals surface area contributed by atoms with Crippen molar-refractivity contribution in [3.63, 3.8) is 0 Å². The molecule has 7 rings (SSSR count). The van der Waals surface area contributed by atoms with Crippen molar-refractivity contribution in [1.82, 2.24) is 19.2 Å². The van der Waals surface area contributed by atoms with Crippen LogP contribution >= 0.6 is 11.8 Å². The Balaban J connectivity index is 1.49. The van der Waals surface area contributed by atoms with Crippen molar-refractivity contribution in [2.45, 2.75) is 55.5 Å². The second-order valence-electron chi connectivity index (χ2n) is 10.9. The van der Waals surface area contributed by atoms with Gasteiger partial charge in [0.2, 0.25) is 5.78 Å². The topological polar surface area (TPSA) is 61.4 Å². The van der Waals surface area contributed by atoms with Crippen molar-refractivity contribution in [2.75, 3.05) is 12.9 Å². The molecule has 0 amide bonds. The number of hydrogen-bond acceptors (Lipinski definition) is 5. The van der Waals surface area contributed by atoms with E-state index in [4.69, 9.17) is 9.84 Å². The van der Waals surface area contributed by atoms with Gasteiger partial charge >= 0.3 is 0 Å². The Hall–Kier alpha value is -3.84. The van der Waals surface area contributed by atoms with Crippen LogP contribution in [0.3, 0.4) is 0 Å². The van der Waals surface area contributed by atoms with Crippen molar-refractivity contribution in [3.05, 3.63) is 106 Å². The zero-order valence-electron chi connectivity index (χ0n) is 22.7. The molecular weight excluding hydrogens is 516 g/mol. The molecule has 5 aromatic rings. The Morgan fingerprint density at radius 1 is 0.925 bits per heavy atom. The summed E-state index contributed by atoms with van der Waals surface area (Å²) < 4.78 is 9.47. The number of aromatic nitrogens is 4. The molecule has 0 atom stereocenters. The molecule has 3 aromatic carbocycles. The molecule has 1 spiro atoms. The summed E-state index contributed by atoms with van der Waals surface area (Å²) >= 11 is 1.70. The van der Waals surface area contributed by atoms with E-state index in [1.807, 2.05) is 30.3 Å². The molecule has 2 aromatic heterocycles. The van der Waals surface area contributed by atoms with E-state index < -0.39 is 0 Å². The number of thioether (sulfide) groups is 1. The maximum absolute atomic E-state index is 14.8. The van der Waals surface area contributed by atoms with Gasteiger partial charge in [-0.15, -0.1) is 10.2 Å². The molecule has 0 N–H and O–H groups in total. The van der Waals surface area contributed by atoms with Gasteiger partial charge in [0.25, 0.3) is 5.56 Å². The van der Waals surface area contributed by atoms with Crippen molar-refractivity contribution in [1.29, 1.82) is 0 Å². The Morgan fingerprint density at radius 2 is 1.73 bits per heavy atom. The summed E-state index contributed by atoms with van der Waals surface area (Å²) in [6, 6.07) is 26.8. The Kier molecular flexibility index (Phi) is 6.47.